The molecule has 0 radical (unpaired) electrons. The number of aliphatic hydroxyl groups is 1. The number of methoxy groups -OCH3 is 1. The van der Waals surface area contributed by atoms with Crippen molar-refractivity contribution in [3.8, 4) is 0 Å². The smallest absolute Gasteiger partial charge is 0.316 e. The number of hydrogen-bond donors (Lipinski definition) is 1. The molecule has 1 aliphatic rings. The first-order valence-electron chi connectivity index (χ1n) is 6.66. The van der Waals surface area contributed by atoms with E-state index in [1.807, 2.05) is 0 Å². The van der Waals surface area contributed by atoms with E-state index in [0.717, 1.165) is 0 Å². The van der Waals surface area contributed by atoms with Crippen molar-refractivity contribution in [3.63, 3.8) is 0 Å². The Labute approximate surface area is 117 Å². The lowest BCUT2D eigenvalue weighted by Gasteiger charge is -2.38. The van der Waals surface area contributed by atoms with Crippen LogP contribution in [0.5, 0.6) is 0 Å². The van der Waals surface area contributed by atoms with Gasteiger partial charge in [-0.15, -0.1) is 0 Å². The van der Waals surface area contributed by atoms with Gasteiger partial charge in [-0.05, 0) is 30.4 Å². The van der Waals surface area contributed by atoms with Gasteiger partial charge < -0.3 is 14.6 Å². The van der Waals surface area contributed by atoms with Gasteiger partial charge in [-0.1, -0.05) is 18.2 Å². The molecule has 0 spiro atoms. The van der Waals surface area contributed by atoms with Gasteiger partial charge >= 0.3 is 5.97 Å². The molecule has 1 N–H and O–H groups in total. The highest BCUT2D eigenvalue weighted by atomic mass is 19.1. The average molecular weight is 282 g/mol. The van der Waals surface area contributed by atoms with E-state index in [0.29, 0.717) is 24.0 Å². The van der Waals surface area contributed by atoms with Crippen LogP contribution in [0.2, 0.25) is 0 Å². The predicted molar refractivity (Wildman–Crippen MR) is 70.8 cm³/mol. The summed E-state index contributed by atoms with van der Waals surface area (Å²) in [5.41, 5.74) is 0.302. The van der Waals surface area contributed by atoms with E-state index in [-0.39, 0.29) is 38.0 Å². The second-order valence-corrected chi connectivity index (χ2v) is 5.16. The van der Waals surface area contributed by atoms with Crippen molar-refractivity contribution in [2.45, 2.75) is 19.3 Å². The van der Waals surface area contributed by atoms with Crippen LogP contribution in [0.3, 0.4) is 0 Å². The number of carbonyl (C=O) groups is 1. The summed E-state index contributed by atoms with van der Waals surface area (Å²) in [5.74, 6) is -0.653. The standard InChI is InChI=1S/C15H19FO4/c1-19-14(18)15(9-20-10-15)8-12-5-2-4-11(13(12)16)6-3-7-17/h2,4-5,17H,3,6-10H2,1H3. The van der Waals surface area contributed by atoms with E-state index in [9.17, 15) is 9.18 Å². The van der Waals surface area contributed by atoms with Crippen LogP contribution in [0, 0.1) is 11.2 Å². The lowest BCUT2D eigenvalue weighted by Crippen LogP contribution is -2.51. The molecule has 0 saturated carbocycles. The maximum Gasteiger partial charge on any atom is 0.316 e. The minimum Gasteiger partial charge on any atom is -0.468 e. The van der Waals surface area contributed by atoms with Gasteiger partial charge in [0.2, 0.25) is 0 Å². The number of aryl methyl sites for hydroxylation is 1. The quantitative estimate of drug-likeness (QED) is 0.803. The van der Waals surface area contributed by atoms with Gasteiger partial charge in [-0.25, -0.2) is 4.39 Å². The summed E-state index contributed by atoms with van der Waals surface area (Å²) in [6.07, 6.45) is 1.28. The summed E-state index contributed by atoms with van der Waals surface area (Å²) in [7, 11) is 1.33. The zero-order chi connectivity index (χ0) is 14.6. The molecule has 0 aromatic heterocycles. The van der Waals surface area contributed by atoms with Gasteiger partial charge in [-0.3, -0.25) is 4.79 Å². The molecule has 1 heterocycles. The highest BCUT2D eigenvalue weighted by Gasteiger charge is 2.47. The van der Waals surface area contributed by atoms with E-state index in [1.54, 1.807) is 18.2 Å². The molecule has 1 saturated heterocycles. The number of ether oxygens (including phenoxy) is 2. The fourth-order valence-corrected chi connectivity index (χ4v) is 2.45. The minimum absolute atomic E-state index is 0.0314. The largest absolute Gasteiger partial charge is 0.468 e. The lowest BCUT2D eigenvalue weighted by molar-refractivity contribution is -0.183. The Bertz CT molecular complexity index is 483. The number of hydrogen-bond acceptors (Lipinski definition) is 4. The van der Waals surface area contributed by atoms with E-state index >= 15 is 0 Å². The zero-order valence-corrected chi connectivity index (χ0v) is 11.5. The molecule has 1 aromatic rings. The van der Waals surface area contributed by atoms with Crippen molar-refractivity contribution in [2.24, 2.45) is 5.41 Å². The monoisotopic (exact) mass is 282 g/mol. The van der Waals surface area contributed by atoms with Gasteiger partial charge in [-0.2, -0.15) is 0 Å². The van der Waals surface area contributed by atoms with Crippen LogP contribution in [0.4, 0.5) is 4.39 Å². The van der Waals surface area contributed by atoms with Crippen molar-refractivity contribution in [1.82, 2.24) is 0 Å². The van der Waals surface area contributed by atoms with E-state index in [4.69, 9.17) is 14.6 Å². The van der Waals surface area contributed by atoms with Gasteiger partial charge in [0.1, 0.15) is 11.2 Å². The van der Waals surface area contributed by atoms with Gasteiger partial charge in [0.25, 0.3) is 0 Å². The Balaban J connectivity index is 2.18. The molecule has 0 amide bonds. The number of rotatable bonds is 6. The number of esters is 1. The molecule has 1 aliphatic heterocycles. The molecule has 0 unspecified atom stereocenters. The summed E-state index contributed by atoms with van der Waals surface area (Å²) >= 11 is 0. The van der Waals surface area contributed by atoms with Crippen LogP contribution in [0.15, 0.2) is 18.2 Å². The summed E-state index contributed by atoms with van der Waals surface area (Å²) in [6, 6.07) is 5.16. The first-order chi connectivity index (χ1) is 9.63. The minimum atomic E-state index is -0.759. The number of benzene rings is 1. The van der Waals surface area contributed by atoms with Crippen molar-refractivity contribution < 1.29 is 23.8 Å². The predicted octanol–water partition coefficient (Wildman–Crippen LogP) is 1.48. The molecule has 5 heteroatoms. The third-order valence-electron chi connectivity index (χ3n) is 3.67. The molecule has 0 bridgehead atoms. The van der Waals surface area contributed by atoms with Crippen LogP contribution in [-0.4, -0.2) is 38.0 Å². The van der Waals surface area contributed by atoms with E-state index in [2.05, 4.69) is 0 Å². The molecule has 0 aliphatic carbocycles. The normalized spacial score (nSPS) is 16.6. The second-order valence-electron chi connectivity index (χ2n) is 5.16. The Morgan fingerprint density at radius 2 is 2.15 bits per heavy atom. The summed E-state index contributed by atoms with van der Waals surface area (Å²) < 4.78 is 24.3. The molecule has 1 fully saturated rings. The third kappa shape index (κ3) is 2.83. The SMILES string of the molecule is COC(=O)C1(Cc2cccc(CCCO)c2F)COC1. The van der Waals surface area contributed by atoms with Crippen LogP contribution < -0.4 is 0 Å². The summed E-state index contributed by atoms with van der Waals surface area (Å²) in [5, 5.41) is 8.83. The van der Waals surface area contributed by atoms with Crippen LogP contribution in [0.1, 0.15) is 17.5 Å². The number of halogens is 1. The Morgan fingerprint density at radius 1 is 1.45 bits per heavy atom. The average Bonchev–Trinajstić information content (AvgIpc) is 2.42. The molecule has 2 rings (SSSR count). The van der Waals surface area contributed by atoms with E-state index in [1.165, 1.54) is 7.11 Å². The van der Waals surface area contributed by atoms with Crippen molar-refractivity contribution in [3.05, 3.63) is 35.1 Å². The summed E-state index contributed by atoms with van der Waals surface area (Å²) in [4.78, 5) is 11.8. The molecule has 1 aromatic carbocycles. The Hall–Kier alpha value is -1.46. The van der Waals surface area contributed by atoms with Crippen LogP contribution in [-0.2, 0) is 27.1 Å². The third-order valence-corrected chi connectivity index (χ3v) is 3.67. The van der Waals surface area contributed by atoms with Crippen LogP contribution >= 0.6 is 0 Å². The Kier molecular flexibility index (Phi) is 4.73. The molecule has 4 nitrogen and oxygen atoms in total. The summed E-state index contributed by atoms with van der Waals surface area (Å²) in [6.45, 7) is 0.559. The van der Waals surface area contributed by atoms with Crippen LogP contribution in [0.25, 0.3) is 0 Å². The fourth-order valence-electron chi connectivity index (χ4n) is 2.45. The second kappa shape index (κ2) is 6.33. The van der Waals surface area contributed by atoms with Gasteiger partial charge in [0.05, 0.1) is 20.3 Å². The van der Waals surface area contributed by atoms with Crippen molar-refractivity contribution in [2.75, 3.05) is 26.9 Å². The molecule has 0 atom stereocenters. The first kappa shape index (κ1) is 14.9. The highest BCUT2D eigenvalue weighted by molar-refractivity contribution is 5.78. The van der Waals surface area contributed by atoms with Gasteiger partial charge in [0.15, 0.2) is 0 Å². The molecule has 110 valence electrons. The highest BCUT2D eigenvalue weighted by Crippen LogP contribution is 2.34. The van der Waals surface area contributed by atoms with Crippen molar-refractivity contribution >= 4 is 5.97 Å². The number of carbonyl (C=O) groups excluding carboxylic acids is 1. The van der Waals surface area contributed by atoms with Crippen molar-refractivity contribution in [1.29, 1.82) is 0 Å². The first-order valence-corrected chi connectivity index (χ1v) is 6.66. The lowest BCUT2D eigenvalue weighted by atomic mass is 9.79. The van der Waals surface area contributed by atoms with E-state index < -0.39 is 5.41 Å². The topological polar surface area (TPSA) is 55.8 Å². The van der Waals surface area contributed by atoms with Gasteiger partial charge in [0, 0.05) is 6.61 Å². The molecule has 20 heavy (non-hydrogen) atoms. The fraction of sp³-hybridized carbons (Fsp3) is 0.533. The maximum absolute atomic E-state index is 14.4. The number of aliphatic hydroxyl groups excluding tert-OH is 1. The molecular formula is C15H19FO4. The molecular weight excluding hydrogens is 263 g/mol. The zero-order valence-electron chi connectivity index (χ0n) is 11.5. The Morgan fingerprint density at radius 3 is 2.70 bits per heavy atom. The maximum atomic E-state index is 14.4.